The molecule has 1 amide bonds. The summed E-state index contributed by atoms with van der Waals surface area (Å²) in [5, 5.41) is 7.81. The third-order valence-electron chi connectivity index (χ3n) is 3.69. The number of carbonyl (C=O) groups excluding carboxylic acids is 2. The van der Waals surface area contributed by atoms with Crippen molar-refractivity contribution in [3.8, 4) is 0 Å². The smallest absolute Gasteiger partial charge is 0.360 e. The normalized spacial score (nSPS) is 16.0. The highest BCUT2D eigenvalue weighted by molar-refractivity contribution is 5.88. The van der Waals surface area contributed by atoms with Gasteiger partial charge in [0.15, 0.2) is 5.69 Å². The van der Waals surface area contributed by atoms with Gasteiger partial charge in [-0.2, -0.15) is 0 Å². The zero-order valence-electron chi connectivity index (χ0n) is 12.4. The standard InChI is InChI=1S/C13H21N5O3/c1-9(12(19)17-7-3-4-8-17)18-10(5-6-14)11(15-16-18)13(20)21-2/h9H,3-8,14H2,1-2H3. The number of methoxy groups -OCH3 is 1. The summed E-state index contributed by atoms with van der Waals surface area (Å²) in [5.74, 6) is -0.572. The minimum Gasteiger partial charge on any atom is -0.464 e. The van der Waals surface area contributed by atoms with Crippen LogP contribution in [-0.4, -0.2) is 58.5 Å². The molecular formula is C13H21N5O3. The Bertz CT molecular complexity index is 522. The van der Waals surface area contributed by atoms with Gasteiger partial charge in [-0.15, -0.1) is 5.10 Å². The third kappa shape index (κ3) is 3.05. The van der Waals surface area contributed by atoms with Gasteiger partial charge in [-0.1, -0.05) is 5.21 Å². The molecule has 0 saturated carbocycles. The molecule has 1 aliphatic heterocycles. The van der Waals surface area contributed by atoms with E-state index in [2.05, 4.69) is 15.0 Å². The number of hydrogen-bond donors (Lipinski definition) is 1. The van der Waals surface area contributed by atoms with Crippen molar-refractivity contribution in [2.75, 3.05) is 26.7 Å². The van der Waals surface area contributed by atoms with Crippen molar-refractivity contribution in [2.24, 2.45) is 5.73 Å². The van der Waals surface area contributed by atoms with E-state index in [0.29, 0.717) is 18.7 Å². The quantitative estimate of drug-likeness (QED) is 0.751. The van der Waals surface area contributed by atoms with Gasteiger partial charge in [-0.3, -0.25) is 4.79 Å². The highest BCUT2D eigenvalue weighted by Crippen LogP contribution is 2.18. The summed E-state index contributed by atoms with van der Waals surface area (Å²) in [4.78, 5) is 26.0. The fraction of sp³-hybridized carbons (Fsp3) is 0.692. The molecule has 2 N–H and O–H groups in total. The van der Waals surface area contributed by atoms with E-state index in [1.54, 1.807) is 6.92 Å². The maximum atomic E-state index is 12.4. The average molecular weight is 295 g/mol. The van der Waals surface area contributed by atoms with E-state index < -0.39 is 12.0 Å². The third-order valence-corrected chi connectivity index (χ3v) is 3.69. The molecule has 1 saturated heterocycles. The van der Waals surface area contributed by atoms with Crippen LogP contribution in [0.5, 0.6) is 0 Å². The summed E-state index contributed by atoms with van der Waals surface area (Å²) in [6, 6.07) is -0.504. The van der Waals surface area contributed by atoms with E-state index in [-0.39, 0.29) is 11.6 Å². The lowest BCUT2D eigenvalue weighted by Gasteiger charge is -2.21. The van der Waals surface area contributed by atoms with E-state index >= 15 is 0 Å². The Balaban J connectivity index is 2.27. The fourth-order valence-electron chi connectivity index (χ4n) is 2.56. The second-order valence-electron chi connectivity index (χ2n) is 5.07. The number of carbonyl (C=O) groups is 2. The van der Waals surface area contributed by atoms with Crippen molar-refractivity contribution in [3.63, 3.8) is 0 Å². The molecule has 1 aromatic heterocycles. The summed E-state index contributed by atoms with van der Waals surface area (Å²) in [5.41, 5.74) is 6.26. The zero-order valence-corrected chi connectivity index (χ0v) is 12.4. The lowest BCUT2D eigenvalue weighted by molar-refractivity contribution is -0.133. The SMILES string of the molecule is COC(=O)c1nnn(C(C)C(=O)N2CCCC2)c1CCN. The number of rotatable bonds is 5. The van der Waals surface area contributed by atoms with Crippen LogP contribution in [0, 0.1) is 0 Å². The molecule has 116 valence electrons. The summed E-state index contributed by atoms with van der Waals surface area (Å²) in [6.07, 6.45) is 2.47. The lowest BCUT2D eigenvalue weighted by Crippen LogP contribution is -2.35. The predicted molar refractivity (Wildman–Crippen MR) is 74.6 cm³/mol. The summed E-state index contributed by atoms with van der Waals surface area (Å²) < 4.78 is 6.17. The van der Waals surface area contributed by atoms with Crippen LogP contribution in [0.25, 0.3) is 0 Å². The summed E-state index contributed by atoms with van der Waals surface area (Å²) >= 11 is 0. The molecule has 1 fully saturated rings. The van der Waals surface area contributed by atoms with Crippen LogP contribution in [0.4, 0.5) is 0 Å². The molecule has 2 heterocycles. The van der Waals surface area contributed by atoms with E-state index in [9.17, 15) is 9.59 Å². The molecule has 2 rings (SSSR count). The average Bonchev–Trinajstić information content (AvgIpc) is 3.15. The van der Waals surface area contributed by atoms with Gasteiger partial charge in [-0.25, -0.2) is 9.48 Å². The monoisotopic (exact) mass is 295 g/mol. The highest BCUT2D eigenvalue weighted by Gasteiger charge is 2.29. The first kappa shape index (κ1) is 15.4. The molecule has 1 unspecified atom stereocenters. The van der Waals surface area contributed by atoms with Gasteiger partial charge in [-0.05, 0) is 26.3 Å². The molecule has 0 aromatic carbocycles. The Hall–Kier alpha value is -1.96. The summed E-state index contributed by atoms with van der Waals surface area (Å²) in [7, 11) is 1.28. The number of nitrogens with zero attached hydrogens (tertiary/aromatic N) is 4. The van der Waals surface area contributed by atoms with Gasteiger partial charge in [0, 0.05) is 19.5 Å². The molecule has 1 aromatic rings. The van der Waals surface area contributed by atoms with Gasteiger partial charge in [0.1, 0.15) is 6.04 Å². The molecular weight excluding hydrogens is 274 g/mol. The molecule has 8 nitrogen and oxygen atoms in total. The minimum atomic E-state index is -0.564. The van der Waals surface area contributed by atoms with Crippen LogP contribution in [0.1, 0.15) is 42.0 Å². The second kappa shape index (κ2) is 6.66. The Morgan fingerprint density at radius 3 is 2.62 bits per heavy atom. The highest BCUT2D eigenvalue weighted by atomic mass is 16.5. The number of hydrogen-bond acceptors (Lipinski definition) is 6. The van der Waals surface area contributed by atoms with Gasteiger partial charge in [0.25, 0.3) is 0 Å². The zero-order chi connectivity index (χ0) is 15.4. The van der Waals surface area contributed by atoms with Crippen LogP contribution in [0.15, 0.2) is 0 Å². The molecule has 1 atom stereocenters. The Morgan fingerprint density at radius 1 is 1.38 bits per heavy atom. The minimum absolute atomic E-state index is 0.00733. The van der Waals surface area contributed by atoms with E-state index in [4.69, 9.17) is 5.73 Å². The van der Waals surface area contributed by atoms with E-state index in [1.807, 2.05) is 4.90 Å². The molecule has 0 bridgehead atoms. The molecule has 8 heteroatoms. The first-order valence-electron chi connectivity index (χ1n) is 7.11. The van der Waals surface area contributed by atoms with Crippen LogP contribution in [-0.2, 0) is 16.0 Å². The Kier molecular flexibility index (Phi) is 4.89. The predicted octanol–water partition coefficient (Wildman–Crippen LogP) is -0.251. The van der Waals surface area contributed by atoms with Crippen LogP contribution < -0.4 is 5.73 Å². The lowest BCUT2D eigenvalue weighted by atomic mass is 10.2. The first-order valence-corrected chi connectivity index (χ1v) is 7.11. The molecule has 0 radical (unpaired) electrons. The molecule has 21 heavy (non-hydrogen) atoms. The number of amides is 1. The van der Waals surface area contributed by atoms with Gasteiger partial charge < -0.3 is 15.4 Å². The van der Waals surface area contributed by atoms with Gasteiger partial charge in [0.2, 0.25) is 5.91 Å². The van der Waals surface area contributed by atoms with Crippen molar-refractivity contribution < 1.29 is 14.3 Å². The van der Waals surface area contributed by atoms with E-state index in [1.165, 1.54) is 11.8 Å². The van der Waals surface area contributed by atoms with Gasteiger partial charge >= 0.3 is 5.97 Å². The number of nitrogens with two attached hydrogens (primary N) is 1. The van der Waals surface area contributed by atoms with Crippen LogP contribution >= 0.6 is 0 Å². The van der Waals surface area contributed by atoms with Gasteiger partial charge in [0.05, 0.1) is 12.8 Å². The largest absolute Gasteiger partial charge is 0.464 e. The number of likely N-dealkylation sites (tertiary alicyclic amines) is 1. The van der Waals surface area contributed by atoms with Crippen molar-refractivity contribution in [1.29, 1.82) is 0 Å². The van der Waals surface area contributed by atoms with E-state index in [0.717, 1.165) is 25.9 Å². The van der Waals surface area contributed by atoms with Crippen molar-refractivity contribution in [2.45, 2.75) is 32.2 Å². The van der Waals surface area contributed by atoms with Crippen LogP contribution in [0.3, 0.4) is 0 Å². The fourth-order valence-corrected chi connectivity index (χ4v) is 2.56. The van der Waals surface area contributed by atoms with Crippen molar-refractivity contribution in [1.82, 2.24) is 19.9 Å². The maximum Gasteiger partial charge on any atom is 0.360 e. The number of aromatic nitrogens is 3. The second-order valence-corrected chi connectivity index (χ2v) is 5.07. The molecule has 1 aliphatic rings. The van der Waals surface area contributed by atoms with Crippen molar-refractivity contribution in [3.05, 3.63) is 11.4 Å². The Morgan fingerprint density at radius 2 is 2.05 bits per heavy atom. The first-order chi connectivity index (χ1) is 10.1. The number of esters is 1. The number of ether oxygens (including phenoxy) is 1. The van der Waals surface area contributed by atoms with Crippen molar-refractivity contribution >= 4 is 11.9 Å². The summed E-state index contributed by atoms with van der Waals surface area (Å²) in [6.45, 7) is 3.64. The molecule has 0 aliphatic carbocycles. The topological polar surface area (TPSA) is 103 Å². The van der Waals surface area contributed by atoms with Crippen LogP contribution in [0.2, 0.25) is 0 Å². The molecule has 0 spiro atoms. The Labute approximate surface area is 123 Å². The maximum absolute atomic E-state index is 12.4.